The van der Waals surface area contributed by atoms with Crippen molar-refractivity contribution in [1.29, 1.82) is 0 Å². The summed E-state index contributed by atoms with van der Waals surface area (Å²) in [6, 6.07) is 7.62. The first-order valence-electron chi connectivity index (χ1n) is 5.65. The van der Waals surface area contributed by atoms with Gasteiger partial charge in [0.25, 0.3) is 5.91 Å². The molecule has 96 valence electrons. The lowest BCUT2D eigenvalue weighted by atomic mass is 10.2. The number of carbonyl (C=O) groups excluding carboxylic acids is 1. The van der Waals surface area contributed by atoms with E-state index < -0.39 is 0 Å². The minimum atomic E-state index is -0.261. The number of hydrogen-bond donors (Lipinski definition) is 2. The van der Waals surface area contributed by atoms with E-state index in [0.29, 0.717) is 16.6 Å². The SMILES string of the molecule is COc1c(C(=O)Nc2nccs2)[nH]c2ccccc12. The van der Waals surface area contributed by atoms with Crippen LogP contribution >= 0.6 is 11.3 Å². The molecule has 3 aromatic rings. The number of carbonyl (C=O) groups is 1. The summed E-state index contributed by atoms with van der Waals surface area (Å²) >= 11 is 1.37. The molecule has 0 unspecified atom stereocenters. The number of nitrogens with one attached hydrogen (secondary N) is 2. The number of para-hydroxylation sites is 1. The van der Waals surface area contributed by atoms with Crippen LogP contribution in [0.15, 0.2) is 35.8 Å². The Morgan fingerprint density at radius 3 is 3.00 bits per heavy atom. The van der Waals surface area contributed by atoms with Crippen LogP contribution in [0.2, 0.25) is 0 Å². The zero-order valence-corrected chi connectivity index (χ0v) is 11.0. The van der Waals surface area contributed by atoms with Gasteiger partial charge in [0.2, 0.25) is 0 Å². The van der Waals surface area contributed by atoms with Gasteiger partial charge in [-0.05, 0) is 12.1 Å². The van der Waals surface area contributed by atoms with Crippen LogP contribution in [0.25, 0.3) is 10.9 Å². The average Bonchev–Trinajstić information content (AvgIpc) is 3.04. The fraction of sp³-hybridized carbons (Fsp3) is 0.0769. The Kier molecular flexibility index (Phi) is 2.92. The largest absolute Gasteiger partial charge is 0.494 e. The van der Waals surface area contributed by atoms with Crippen molar-refractivity contribution in [3.05, 3.63) is 41.5 Å². The van der Waals surface area contributed by atoms with E-state index in [2.05, 4.69) is 15.3 Å². The standard InChI is InChI=1S/C13H11N3O2S/c1-18-11-8-4-2-3-5-9(8)15-10(11)12(17)16-13-14-6-7-19-13/h2-7,15H,1H3,(H,14,16,17). The summed E-state index contributed by atoms with van der Waals surface area (Å²) < 4.78 is 5.33. The Morgan fingerprint density at radius 1 is 1.42 bits per heavy atom. The van der Waals surface area contributed by atoms with Gasteiger partial charge in [0.1, 0.15) is 5.69 Å². The summed E-state index contributed by atoms with van der Waals surface area (Å²) in [5.41, 5.74) is 1.27. The predicted molar refractivity (Wildman–Crippen MR) is 74.9 cm³/mol. The van der Waals surface area contributed by atoms with E-state index in [4.69, 9.17) is 4.74 Å². The number of fused-ring (bicyclic) bond motifs is 1. The Labute approximate surface area is 113 Å². The van der Waals surface area contributed by atoms with Gasteiger partial charge in [0, 0.05) is 22.5 Å². The molecule has 6 heteroatoms. The van der Waals surface area contributed by atoms with Crippen molar-refractivity contribution in [3.8, 4) is 5.75 Å². The van der Waals surface area contributed by atoms with Crippen molar-refractivity contribution >= 4 is 33.3 Å². The van der Waals surface area contributed by atoms with E-state index in [-0.39, 0.29) is 5.91 Å². The number of benzene rings is 1. The number of nitrogens with zero attached hydrogens (tertiary/aromatic N) is 1. The smallest absolute Gasteiger partial charge is 0.277 e. The number of methoxy groups -OCH3 is 1. The minimum Gasteiger partial charge on any atom is -0.494 e. The van der Waals surface area contributed by atoms with Crippen molar-refractivity contribution in [2.75, 3.05) is 12.4 Å². The van der Waals surface area contributed by atoms with Crippen LogP contribution in [0, 0.1) is 0 Å². The van der Waals surface area contributed by atoms with Gasteiger partial charge in [-0.15, -0.1) is 11.3 Å². The lowest BCUT2D eigenvalue weighted by Crippen LogP contribution is -2.13. The van der Waals surface area contributed by atoms with E-state index >= 15 is 0 Å². The number of rotatable bonds is 3. The molecule has 2 heterocycles. The quantitative estimate of drug-likeness (QED) is 0.771. The zero-order valence-electron chi connectivity index (χ0n) is 10.1. The van der Waals surface area contributed by atoms with Gasteiger partial charge >= 0.3 is 0 Å². The van der Waals surface area contributed by atoms with Gasteiger partial charge < -0.3 is 9.72 Å². The van der Waals surface area contributed by atoms with Crippen molar-refractivity contribution < 1.29 is 9.53 Å². The Bertz CT molecular complexity index is 719. The van der Waals surface area contributed by atoms with Crippen molar-refractivity contribution in [3.63, 3.8) is 0 Å². The lowest BCUT2D eigenvalue weighted by molar-refractivity contribution is 0.102. The Hall–Kier alpha value is -2.34. The van der Waals surface area contributed by atoms with Crippen LogP contribution in [0.5, 0.6) is 5.75 Å². The summed E-state index contributed by atoms with van der Waals surface area (Å²) in [5.74, 6) is 0.285. The molecule has 5 nitrogen and oxygen atoms in total. The lowest BCUT2D eigenvalue weighted by Gasteiger charge is -2.02. The third kappa shape index (κ3) is 2.06. The molecule has 0 aliphatic carbocycles. The fourth-order valence-electron chi connectivity index (χ4n) is 1.93. The first-order valence-corrected chi connectivity index (χ1v) is 6.53. The highest BCUT2D eigenvalue weighted by Crippen LogP contribution is 2.30. The third-order valence-electron chi connectivity index (χ3n) is 2.74. The minimum absolute atomic E-state index is 0.261. The second kappa shape index (κ2) is 4.74. The maximum absolute atomic E-state index is 12.2. The fourth-order valence-corrected chi connectivity index (χ4v) is 2.46. The number of amides is 1. The first-order chi connectivity index (χ1) is 9.29. The molecule has 19 heavy (non-hydrogen) atoms. The molecule has 2 aromatic heterocycles. The molecule has 1 aromatic carbocycles. The molecule has 0 fully saturated rings. The Balaban J connectivity index is 2.02. The van der Waals surface area contributed by atoms with Gasteiger partial charge in [-0.1, -0.05) is 12.1 Å². The monoisotopic (exact) mass is 273 g/mol. The maximum atomic E-state index is 12.2. The summed E-state index contributed by atoms with van der Waals surface area (Å²) in [5, 5.41) is 5.98. The second-order valence-electron chi connectivity index (χ2n) is 3.87. The van der Waals surface area contributed by atoms with Gasteiger partial charge in [-0.2, -0.15) is 0 Å². The number of anilines is 1. The van der Waals surface area contributed by atoms with Crippen molar-refractivity contribution in [1.82, 2.24) is 9.97 Å². The van der Waals surface area contributed by atoms with E-state index in [0.717, 1.165) is 10.9 Å². The maximum Gasteiger partial charge on any atom is 0.277 e. The molecular weight excluding hydrogens is 262 g/mol. The number of aromatic amines is 1. The molecule has 0 saturated heterocycles. The molecule has 2 N–H and O–H groups in total. The molecule has 0 saturated carbocycles. The van der Waals surface area contributed by atoms with Crippen LogP contribution < -0.4 is 10.1 Å². The number of ether oxygens (including phenoxy) is 1. The zero-order chi connectivity index (χ0) is 13.2. The summed E-state index contributed by atoms with van der Waals surface area (Å²) in [6.45, 7) is 0. The molecule has 0 spiro atoms. The second-order valence-corrected chi connectivity index (χ2v) is 4.76. The van der Waals surface area contributed by atoms with Crippen LogP contribution in [0.4, 0.5) is 5.13 Å². The van der Waals surface area contributed by atoms with E-state index in [1.165, 1.54) is 11.3 Å². The van der Waals surface area contributed by atoms with Gasteiger partial charge in [-0.3, -0.25) is 10.1 Å². The number of aromatic nitrogens is 2. The molecule has 0 radical (unpaired) electrons. The van der Waals surface area contributed by atoms with E-state index in [1.807, 2.05) is 24.3 Å². The summed E-state index contributed by atoms with van der Waals surface area (Å²) in [4.78, 5) is 19.3. The number of thiazole rings is 1. The summed E-state index contributed by atoms with van der Waals surface area (Å²) in [7, 11) is 1.55. The van der Waals surface area contributed by atoms with E-state index in [9.17, 15) is 4.79 Å². The van der Waals surface area contributed by atoms with Crippen molar-refractivity contribution in [2.45, 2.75) is 0 Å². The molecule has 0 bridgehead atoms. The van der Waals surface area contributed by atoms with Crippen LogP contribution in [-0.4, -0.2) is 23.0 Å². The van der Waals surface area contributed by atoms with E-state index in [1.54, 1.807) is 18.7 Å². The topological polar surface area (TPSA) is 67.0 Å². The average molecular weight is 273 g/mol. The highest BCUT2D eigenvalue weighted by atomic mass is 32.1. The van der Waals surface area contributed by atoms with Gasteiger partial charge in [0.15, 0.2) is 10.9 Å². The van der Waals surface area contributed by atoms with Crippen LogP contribution in [0.3, 0.4) is 0 Å². The van der Waals surface area contributed by atoms with Crippen LogP contribution in [0.1, 0.15) is 10.5 Å². The molecule has 0 aliphatic rings. The normalized spacial score (nSPS) is 10.6. The summed E-state index contributed by atoms with van der Waals surface area (Å²) in [6.07, 6.45) is 1.64. The highest BCUT2D eigenvalue weighted by molar-refractivity contribution is 7.13. The number of hydrogen-bond acceptors (Lipinski definition) is 4. The van der Waals surface area contributed by atoms with Gasteiger partial charge in [-0.25, -0.2) is 4.98 Å². The molecule has 0 atom stereocenters. The number of H-pyrrole nitrogens is 1. The highest BCUT2D eigenvalue weighted by Gasteiger charge is 2.18. The van der Waals surface area contributed by atoms with Crippen molar-refractivity contribution in [2.24, 2.45) is 0 Å². The van der Waals surface area contributed by atoms with Gasteiger partial charge in [0.05, 0.1) is 7.11 Å². The Morgan fingerprint density at radius 2 is 2.26 bits per heavy atom. The van der Waals surface area contributed by atoms with Crippen LogP contribution in [-0.2, 0) is 0 Å². The molecule has 1 amide bonds. The first kappa shape index (κ1) is 11.7. The third-order valence-corrected chi connectivity index (χ3v) is 3.43. The predicted octanol–water partition coefficient (Wildman–Crippen LogP) is 2.89. The molecule has 0 aliphatic heterocycles. The molecule has 3 rings (SSSR count). The molecular formula is C13H11N3O2S.